The molecule has 0 saturated heterocycles. The molecule has 3 amide bonds. The maximum absolute atomic E-state index is 12.7. The fourth-order valence-corrected chi connectivity index (χ4v) is 3.45. The van der Waals surface area contributed by atoms with Crippen molar-refractivity contribution in [3.05, 3.63) is 78.6 Å². The zero-order chi connectivity index (χ0) is 26.6. The summed E-state index contributed by atoms with van der Waals surface area (Å²) >= 11 is 0. The Labute approximate surface area is 210 Å². The Morgan fingerprint density at radius 3 is 2.32 bits per heavy atom. The van der Waals surface area contributed by atoms with Crippen molar-refractivity contribution in [3.63, 3.8) is 0 Å². The molecule has 4 N–H and O–H groups in total. The first kappa shape index (κ1) is 25.4. The average Bonchev–Trinajstić information content (AvgIpc) is 3.34. The van der Waals surface area contributed by atoms with Gasteiger partial charge >= 0.3 is 12.2 Å². The van der Waals surface area contributed by atoms with Gasteiger partial charge in [0, 0.05) is 34.6 Å². The van der Waals surface area contributed by atoms with E-state index in [4.69, 9.17) is 0 Å². The monoisotopic (exact) mass is 508 g/mol. The molecule has 4 aromatic rings. The number of nitrogens with one attached hydrogen (secondary N) is 4. The topological polar surface area (TPSA) is 112 Å². The zero-order valence-electron chi connectivity index (χ0n) is 19.9. The molecule has 190 valence electrons. The number of benzene rings is 2. The van der Waals surface area contributed by atoms with Crippen molar-refractivity contribution in [3.8, 4) is 22.4 Å². The van der Waals surface area contributed by atoms with Crippen molar-refractivity contribution in [1.29, 1.82) is 0 Å². The molecule has 0 bridgehead atoms. The highest BCUT2D eigenvalue weighted by Crippen LogP contribution is 2.32. The number of nitrogens with zero attached hydrogens (tertiary/aromatic N) is 2. The largest absolute Gasteiger partial charge is 0.416 e. The first-order chi connectivity index (χ1) is 17.6. The van der Waals surface area contributed by atoms with E-state index >= 15 is 0 Å². The smallest absolute Gasteiger partial charge is 0.310 e. The summed E-state index contributed by atoms with van der Waals surface area (Å²) in [6, 6.07) is 14.1. The van der Waals surface area contributed by atoms with Gasteiger partial charge in [-0.3, -0.25) is 9.89 Å². The van der Waals surface area contributed by atoms with Crippen LogP contribution in [-0.2, 0) is 11.0 Å². The lowest BCUT2D eigenvalue weighted by Gasteiger charge is -2.11. The molecule has 37 heavy (non-hydrogen) atoms. The van der Waals surface area contributed by atoms with Crippen molar-refractivity contribution in [2.75, 3.05) is 16.0 Å². The Balaban J connectivity index is 1.49. The third-order valence-corrected chi connectivity index (χ3v) is 5.37. The molecule has 2 aromatic carbocycles. The molecular weight excluding hydrogens is 485 g/mol. The summed E-state index contributed by atoms with van der Waals surface area (Å²) in [6.45, 7) is 3.58. The Morgan fingerprint density at radius 1 is 0.892 bits per heavy atom. The summed E-state index contributed by atoms with van der Waals surface area (Å²) < 4.78 is 38.2. The molecule has 0 aliphatic heterocycles. The first-order valence-electron chi connectivity index (χ1n) is 11.3. The average molecular weight is 509 g/mol. The van der Waals surface area contributed by atoms with Crippen molar-refractivity contribution in [2.24, 2.45) is 5.92 Å². The lowest BCUT2D eigenvalue weighted by Crippen LogP contribution is -2.19. The van der Waals surface area contributed by atoms with Crippen LogP contribution in [0.5, 0.6) is 0 Å². The van der Waals surface area contributed by atoms with Gasteiger partial charge in [0.1, 0.15) is 5.82 Å². The van der Waals surface area contributed by atoms with E-state index in [1.807, 2.05) is 6.07 Å². The van der Waals surface area contributed by atoms with E-state index in [2.05, 4.69) is 31.1 Å². The predicted molar refractivity (Wildman–Crippen MR) is 135 cm³/mol. The molecular formula is C26H23F3N6O2. The number of hydrogen-bond acceptors (Lipinski definition) is 4. The molecule has 2 aromatic heterocycles. The normalized spacial score (nSPS) is 11.3. The maximum Gasteiger partial charge on any atom is 0.416 e. The summed E-state index contributed by atoms with van der Waals surface area (Å²) in [7, 11) is 0. The van der Waals surface area contributed by atoms with Crippen molar-refractivity contribution in [1.82, 2.24) is 15.2 Å². The molecule has 0 spiro atoms. The van der Waals surface area contributed by atoms with Crippen LogP contribution in [0.3, 0.4) is 0 Å². The molecule has 0 aliphatic rings. The SMILES string of the molecule is CC(C)C(=O)Nc1cc(-c2cn[nH]c2-c2cccc(NC(=O)Nc3ccc(C(F)(F)F)cc3)c2)ccn1. The Bertz CT molecular complexity index is 1410. The Hall–Kier alpha value is -4.67. The van der Waals surface area contributed by atoms with Gasteiger partial charge in [0.05, 0.1) is 17.5 Å². The van der Waals surface area contributed by atoms with E-state index in [1.165, 1.54) is 12.1 Å². The number of anilines is 3. The van der Waals surface area contributed by atoms with Crippen LogP contribution in [0, 0.1) is 5.92 Å². The maximum atomic E-state index is 12.7. The minimum atomic E-state index is -4.45. The van der Waals surface area contributed by atoms with Crippen LogP contribution in [0.25, 0.3) is 22.4 Å². The van der Waals surface area contributed by atoms with Crippen LogP contribution >= 0.6 is 0 Å². The molecule has 4 rings (SSSR count). The molecule has 11 heteroatoms. The van der Waals surface area contributed by atoms with Gasteiger partial charge in [-0.1, -0.05) is 26.0 Å². The number of urea groups is 1. The first-order valence-corrected chi connectivity index (χ1v) is 11.3. The van der Waals surface area contributed by atoms with Crippen LogP contribution in [0.4, 0.5) is 35.2 Å². The molecule has 0 radical (unpaired) electrons. The van der Waals surface area contributed by atoms with Gasteiger partial charge in [-0.15, -0.1) is 0 Å². The number of hydrogen-bond donors (Lipinski definition) is 4. The lowest BCUT2D eigenvalue weighted by atomic mass is 10.0. The standard InChI is InChI=1S/C26H23F3N6O2/c1-15(2)24(36)34-22-13-16(10-11-30-22)21-14-31-35-23(21)17-4-3-5-20(12-17)33-25(37)32-19-8-6-18(7-9-19)26(27,28)29/h3-15H,1-2H3,(H,31,35)(H,30,34,36)(H2,32,33,37). The van der Waals surface area contributed by atoms with E-state index in [-0.39, 0.29) is 17.5 Å². The molecule has 0 aliphatic carbocycles. The second-order valence-corrected chi connectivity index (χ2v) is 8.47. The minimum absolute atomic E-state index is 0.148. The Morgan fingerprint density at radius 2 is 1.62 bits per heavy atom. The van der Waals surface area contributed by atoms with Crippen molar-refractivity contribution in [2.45, 2.75) is 20.0 Å². The summed E-state index contributed by atoms with van der Waals surface area (Å²) in [6.07, 6.45) is -1.21. The molecule has 0 atom stereocenters. The number of halogens is 3. The van der Waals surface area contributed by atoms with E-state index in [1.54, 1.807) is 56.6 Å². The van der Waals surface area contributed by atoms with Crippen LogP contribution in [0.1, 0.15) is 19.4 Å². The summed E-state index contributed by atoms with van der Waals surface area (Å²) in [5, 5.41) is 15.1. The third kappa shape index (κ3) is 6.31. The summed E-state index contributed by atoms with van der Waals surface area (Å²) in [5.74, 6) is 0.0748. The van der Waals surface area contributed by atoms with E-state index in [0.717, 1.165) is 28.8 Å². The number of alkyl halides is 3. The molecule has 0 saturated carbocycles. The summed E-state index contributed by atoms with van der Waals surface area (Å²) in [4.78, 5) is 28.7. The van der Waals surface area contributed by atoms with Crippen LogP contribution in [0.2, 0.25) is 0 Å². The molecule has 0 fully saturated rings. The number of aromatic nitrogens is 3. The number of H-pyrrole nitrogens is 1. The highest BCUT2D eigenvalue weighted by Gasteiger charge is 2.30. The fourth-order valence-electron chi connectivity index (χ4n) is 3.45. The number of amides is 3. The van der Waals surface area contributed by atoms with E-state index in [0.29, 0.717) is 17.2 Å². The number of rotatable bonds is 6. The van der Waals surface area contributed by atoms with Gasteiger partial charge in [-0.25, -0.2) is 9.78 Å². The van der Waals surface area contributed by atoms with Crippen molar-refractivity contribution >= 4 is 29.1 Å². The molecule has 8 nitrogen and oxygen atoms in total. The van der Waals surface area contributed by atoms with Crippen LogP contribution in [-0.4, -0.2) is 27.1 Å². The lowest BCUT2D eigenvalue weighted by molar-refractivity contribution is -0.137. The Kier molecular flexibility index (Phi) is 7.23. The number of aromatic amines is 1. The second-order valence-electron chi connectivity index (χ2n) is 8.47. The third-order valence-electron chi connectivity index (χ3n) is 5.37. The molecule has 2 heterocycles. The summed E-state index contributed by atoms with van der Waals surface area (Å²) in [5.41, 5.74) is 2.82. The molecule has 0 unspecified atom stereocenters. The second kappa shape index (κ2) is 10.5. The quantitative estimate of drug-likeness (QED) is 0.242. The number of pyridine rings is 1. The van der Waals surface area contributed by atoms with Gasteiger partial charge in [0.15, 0.2) is 0 Å². The van der Waals surface area contributed by atoms with Gasteiger partial charge in [0.25, 0.3) is 0 Å². The van der Waals surface area contributed by atoms with Gasteiger partial charge in [-0.05, 0) is 54.1 Å². The van der Waals surface area contributed by atoms with Gasteiger partial charge in [0.2, 0.25) is 5.91 Å². The highest BCUT2D eigenvalue weighted by atomic mass is 19.4. The van der Waals surface area contributed by atoms with E-state index < -0.39 is 17.8 Å². The number of carbonyl (C=O) groups is 2. The number of carbonyl (C=O) groups excluding carboxylic acids is 2. The van der Waals surface area contributed by atoms with Crippen LogP contribution in [0.15, 0.2) is 73.1 Å². The zero-order valence-corrected chi connectivity index (χ0v) is 19.9. The van der Waals surface area contributed by atoms with Gasteiger partial charge in [-0.2, -0.15) is 18.3 Å². The fraction of sp³-hybridized carbons (Fsp3) is 0.154. The predicted octanol–water partition coefficient (Wildman–Crippen LogP) is 6.40. The highest BCUT2D eigenvalue weighted by molar-refractivity contribution is 6.00. The van der Waals surface area contributed by atoms with E-state index in [9.17, 15) is 22.8 Å². The van der Waals surface area contributed by atoms with Gasteiger partial charge < -0.3 is 16.0 Å². The minimum Gasteiger partial charge on any atom is -0.310 e. The van der Waals surface area contributed by atoms with Crippen molar-refractivity contribution < 1.29 is 22.8 Å². The van der Waals surface area contributed by atoms with Crippen LogP contribution < -0.4 is 16.0 Å².